The van der Waals surface area contributed by atoms with E-state index in [4.69, 9.17) is 5.11 Å². The Balaban J connectivity index is 2.06. The van der Waals surface area contributed by atoms with Crippen molar-refractivity contribution in [3.8, 4) is 0 Å². The van der Waals surface area contributed by atoms with Crippen LogP contribution in [0.25, 0.3) is 6.08 Å². The van der Waals surface area contributed by atoms with Crippen LogP contribution >= 0.6 is 11.8 Å². The maximum Gasteiger partial charge on any atom is 0.328 e. The molecule has 0 spiro atoms. The van der Waals surface area contributed by atoms with Crippen LogP contribution in [0.3, 0.4) is 0 Å². The van der Waals surface area contributed by atoms with Gasteiger partial charge in [-0.2, -0.15) is 0 Å². The van der Waals surface area contributed by atoms with Crippen LogP contribution in [0.15, 0.2) is 53.4 Å². The topological polar surface area (TPSA) is 37.3 Å². The molecule has 0 aliphatic heterocycles. The molecule has 21 heavy (non-hydrogen) atoms. The zero-order chi connectivity index (χ0) is 15.2. The molecule has 0 bridgehead atoms. The van der Waals surface area contributed by atoms with Crippen LogP contribution in [-0.4, -0.2) is 11.1 Å². The Hall–Kier alpha value is -2.14. The number of hydrogen-bond donors (Lipinski definition) is 1. The minimum Gasteiger partial charge on any atom is -0.478 e. The first-order chi connectivity index (χ1) is 10.0. The van der Waals surface area contributed by atoms with E-state index in [0.717, 1.165) is 11.0 Å². The minimum atomic E-state index is -1.08. The Morgan fingerprint density at radius 1 is 1.19 bits per heavy atom. The molecule has 2 aromatic carbocycles. The van der Waals surface area contributed by atoms with Crippen molar-refractivity contribution in [1.82, 2.24) is 0 Å². The zero-order valence-corrected chi connectivity index (χ0v) is 11.7. The summed E-state index contributed by atoms with van der Waals surface area (Å²) in [7, 11) is 0. The second-order valence-electron chi connectivity index (χ2n) is 4.27. The van der Waals surface area contributed by atoms with Crippen molar-refractivity contribution in [1.29, 1.82) is 0 Å². The van der Waals surface area contributed by atoms with Crippen LogP contribution in [-0.2, 0) is 10.5 Å². The molecule has 0 aliphatic carbocycles. The standard InChI is InChI=1S/C16H12F2O2S/c17-13-2-1-3-14(9-13)21-10-12-6-4-11(8-15(12)18)5-7-16(19)20/h1-9H,10H2,(H,19,20)/b7-5+. The molecular formula is C16H12F2O2S. The maximum atomic E-state index is 13.9. The number of carbonyl (C=O) groups is 1. The number of halogens is 2. The predicted octanol–water partition coefficient (Wildman–Crippen LogP) is 4.35. The maximum absolute atomic E-state index is 13.9. The van der Waals surface area contributed by atoms with Crippen LogP contribution in [0.1, 0.15) is 11.1 Å². The third-order valence-corrected chi connectivity index (χ3v) is 3.73. The molecule has 0 aromatic heterocycles. The van der Waals surface area contributed by atoms with Gasteiger partial charge in [0.05, 0.1) is 0 Å². The fourth-order valence-electron chi connectivity index (χ4n) is 1.67. The number of thioether (sulfide) groups is 1. The molecule has 1 N–H and O–H groups in total. The molecular weight excluding hydrogens is 294 g/mol. The van der Waals surface area contributed by atoms with E-state index in [9.17, 15) is 13.6 Å². The van der Waals surface area contributed by atoms with Crippen molar-refractivity contribution in [2.45, 2.75) is 10.6 Å². The molecule has 108 valence electrons. The summed E-state index contributed by atoms with van der Waals surface area (Å²) in [5, 5.41) is 8.52. The lowest BCUT2D eigenvalue weighted by Gasteiger charge is -2.05. The van der Waals surface area contributed by atoms with E-state index < -0.39 is 11.8 Å². The highest BCUT2D eigenvalue weighted by Crippen LogP contribution is 2.25. The molecule has 0 unspecified atom stereocenters. The average Bonchev–Trinajstić information content (AvgIpc) is 2.44. The van der Waals surface area contributed by atoms with Crippen molar-refractivity contribution in [2.75, 3.05) is 0 Å². The van der Waals surface area contributed by atoms with Gasteiger partial charge in [0, 0.05) is 16.7 Å². The number of benzene rings is 2. The van der Waals surface area contributed by atoms with Gasteiger partial charge in [0.2, 0.25) is 0 Å². The molecule has 0 saturated heterocycles. The fraction of sp³-hybridized carbons (Fsp3) is 0.0625. The molecule has 0 saturated carbocycles. The van der Waals surface area contributed by atoms with Gasteiger partial charge in [-0.25, -0.2) is 13.6 Å². The lowest BCUT2D eigenvalue weighted by atomic mass is 10.1. The monoisotopic (exact) mass is 306 g/mol. The summed E-state index contributed by atoms with van der Waals surface area (Å²) in [6, 6.07) is 10.6. The van der Waals surface area contributed by atoms with Crippen molar-refractivity contribution in [3.05, 3.63) is 71.3 Å². The van der Waals surface area contributed by atoms with Gasteiger partial charge in [0.25, 0.3) is 0 Å². The SMILES string of the molecule is O=C(O)/C=C/c1ccc(CSc2cccc(F)c2)c(F)c1. The predicted molar refractivity (Wildman–Crippen MR) is 79.0 cm³/mol. The summed E-state index contributed by atoms with van der Waals surface area (Å²) >= 11 is 1.33. The summed E-state index contributed by atoms with van der Waals surface area (Å²) in [5.41, 5.74) is 0.964. The van der Waals surface area contributed by atoms with Gasteiger partial charge in [-0.3, -0.25) is 0 Å². The highest BCUT2D eigenvalue weighted by molar-refractivity contribution is 7.98. The van der Waals surface area contributed by atoms with Gasteiger partial charge in [0.15, 0.2) is 0 Å². The van der Waals surface area contributed by atoms with Crippen LogP contribution in [0.2, 0.25) is 0 Å². The van der Waals surface area contributed by atoms with Gasteiger partial charge < -0.3 is 5.11 Å². The first kappa shape index (κ1) is 15.3. The molecule has 0 radical (unpaired) electrons. The van der Waals surface area contributed by atoms with Gasteiger partial charge in [0.1, 0.15) is 11.6 Å². The quantitative estimate of drug-likeness (QED) is 0.659. The first-order valence-electron chi connectivity index (χ1n) is 6.12. The van der Waals surface area contributed by atoms with Crippen LogP contribution in [0.5, 0.6) is 0 Å². The summed E-state index contributed by atoms with van der Waals surface area (Å²) in [5.74, 6) is -1.44. The van der Waals surface area contributed by atoms with E-state index >= 15 is 0 Å². The van der Waals surface area contributed by atoms with Gasteiger partial charge in [-0.05, 0) is 41.5 Å². The Morgan fingerprint density at radius 2 is 2.00 bits per heavy atom. The molecule has 2 aromatic rings. The van der Waals surface area contributed by atoms with E-state index in [-0.39, 0.29) is 5.82 Å². The van der Waals surface area contributed by atoms with E-state index in [1.807, 2.05) is 0 Å². The second-order valence-corrected chi connectivity index (χ2v) is 5.32. The molecule has 2 rings (SSSR count). The third kappa shape index (κ3) is 4.72. The lowest BCUT2D eigenvalue weighted by Crippen LogP contribution is -1.90. The van der Waals surface area contributed by atoms with Crippen LogP contribution in [0.4, 0.5) is 8.78 Å². The Labute approximate surface area is 125 Å². The van der Waals surface area contributed by atoms with E-state index in [0.29, 0.717) is 16.9 Å². The summed E-state index contributed by atoms with van der Waals surface area (Å²) in [6.07, 6.45) is 2.28. The smallest absolute Gasteiger partial charge is 0.328 e. The average molecular weight is 306 g/mol. The largest absolute Gasteiger partial charge is 0.478 e. The van der Waals surface area contributed by atoms with Crippen LogP contribution < -0.4 is 0 Å². The van der Waals surface area contributed by atoms with Gasteiger partial charge >= 0.3 is 5.97 Å². The normalized spacial score (nSPS) is 11.0. The number of carboxylic acid groups (broad SMARTS) is 1. The van der Waals surface area contributed by atoms with Gasteiger partial charge in [-0.15, -0.1) is 11.8 Å². The Morgan fingerprint density at radius 3 is 2.67 bits per heavy atom. The number of aliphatic carboxylic acids is 1. The second kappa shape index (κ2) is 7.04. The highest BCUT2D eigenvalue weighted by atomic mass is 32.2. The number of rotatable bonds is 5. The van der Waals surface area contributed by atoms with Crippen molar-refractivity contribution < 1.29 is 18.7 Å². The van der Waals surface area contributed by atoms with E-state index in [2.05, 4.69) is 0 Å². The zero-order valence-electron chi connectivity index (χ0n) is 10.9. The molecule has 0 heterocycles. The third-order valence-electron chi connectivity index (χ3n) is 2.69. The van der Waals surface area contributed by atoms with E-state index in [1.54, 1.807) is 24.3 Å². The molecule has 0 atom stereocenters. The number of hydrogen-bond acceptors (Lipinski definition) is 2. The van der Waals surface area contributed by atoms with Crippen molar-refractivity contribution in [2.24, 2.45) is 0 Å². The minimum absolute atomic E-state index is 0.324. The lowest BCUT2D eigenvalue weighted by molar-refractivity contribution is -0.131. The molecule has 0 amide bonds. The summed E-state index contributed by atoms with van der Waals surface area (Å²) in [4.78, 5) is 11.1. The van der Waals surface area contributed by atoms with Crippen LogP contribution in [0, 0.1) is 11.6 Å². The van der Waals surface area contributed by atoms with Crippen molar-refractivity contribution in [3.63, 3.8) is 0 Å². The number of carboxylic acids is 1. The summed E-state index contributed by atoms with van der Waals surface area (Å²) in [6.45, 7) is 0. The highest BCUT2D eigenvalue weighted by Gasteiger charge is 2.04. The molecule has 5 heteroatoms. The van der Waals surface area contributed by atoms with E-state index in [1.165, 1.54) is 36.0 Å². The molecule has 0 fully saturated rings. The summed E-state index contributed by atoms with van der Waals surface area (Å²) < 4.78 is 26.9. The molecule has 0 aliphatic rings. The fourth-order valence-corrected chi connectivity index (χ4v) is 2.60. The van der Waals surface area contributed by atoms with Crippen molar-refractivity contribution >= 4 is 23.8 Å². The Bertz CT molecular complexity index is 684. The first-order valence-corrected chi connectivity index (χ1v) is 7.11. The Kier molecular flexibility index (Phi) is 5.11. The molecule has 2 nitrogen and oxygen atoms in total. The van der Waals surface area contributed by atoms with Gasteiger partial charge in [-0.1, -0.05) is 18.2 Å².